The van der Waals surface area contributed by atoms with Gasteiger partial charge in [0.1, 0.15) is 11.5 Å². The first-order chi connectivity index (χ1) is 9.49. The summed E-state index contributed by atoms with van der Waals surface area (Å²) in [6.07, 6.45) is 3.24. The minimum Gasteiger partial charge on any atom is -0.464 e. The van der Waals surface area contributed by atoms with E-state index in [1.54, 1.807) is 11.9 Å². The van der Waals surface area contributed by atoms with Crippen LogP contribution in [0.4, 0.5) is 0 Å². The van der Waals surface area contributed by atoms with Crippen molar-refractivity contribution in [2.75, 3.05) is 13.6 Å². The molecule has 0 saturated carbocycles. The first kappa shape index (κ1) is 16.3. The first-order valence-corrected chi connectivity index (χ1v) is 7.02. The van der Waals surface area contributed by atoms with Crippen LogP contribution in [0, 0.1) is 6.92 Å². The summed E-state index contributed by atoms with van der Waals surface area (Å²) in [5.74, 6) is 1.79. The number of carbonyl (C=O) groups excluding carboxylic acids is 2. The topological polar surface area (TPSA) is 62.6 Å². The Balaban J connectivity index is 2.14. The fourth-order valence-electron chi connectivity index (χ4n) is 1.93. The number of nitrogens with one attached hydrogen (secondary N) is 1. The van der Waals surface area contributed by atoms with Crippen molar-refractivity contribution in [3.8, 4) is 0 Å². The highest BCUT2D eigenvalue weighted by Crippen LogP contribution is 2.10. The summed E-state index contributed by atoms with van der Waals surface area (Å²) in [7, 11) is 1.79. The van der Waals surface area contributed by atoms with Crippen molar-refractivity contribution < 1.29 is 14.0 Å². The molecule has 0 spiro atoms. The summed E-state index contributed by atoms with van der Waals surface area (Å²) < 4.78 is 5.45. The number of rotatable bonds is 8. The third kappa shape index (κ3) is 6.41. The molecule has 0 aliphatic heterocycles. The van der Waals surface area contributed by atoms with Gasteiger partial charge < -0.3 is 14.6 Å². The summed E-state index contributed by atoms with van der Waals surface area (Å²) in [5.41, 5.74) is 0. The van der Waals surface area contributed by atoms with Gasteiger partial charge in [-0.05, 0) is 31.9 Å². The first-order valence-electron chi connectivity index (χ1n) is 7.02. The molecule has 1 rings (SSSR count). The van der Waals surface area contributed by atoms with E-state index in [0.29, 0.717) is 19.5 Å². The molecule has 1 aromatic heterocycles. The largest absolute Gasteiger partial charge is 0.464 e. The smallest absolute Gasteiger partial charge is 0.222 e. The molecule has 2 amide bonds. The molecule has 0 aliphatic carbocycles. The van der Waals surface area contributed by atoms with E-state index in [-0.39, 0.29) is 11.8 Å². The molecule has 0 aliphatic rings. The van der Waals surface area contributed by atoms with Crippen LogP contribution in [-0.4, -0.2) is 30.3 Å². The maximum absolute atomic E-state index is 11.9. The van der Waals surface area contributed by atoms with Gasteiger partial charge in [-0.3, -0.25) is 9.59 Å². The molecule has 0 atom stereocenters. The highest BCUT2D eigenvalue weighted by Gasteiger charge is 2.10. The van der Waals surface area contributed by atoms with Crippen molar-refractivity contribution in [2.24, 2.45) is 0 Å². The lowest BCUT2D eigenvalue weighted by molar-refractivity contribution is -0.130. The molecule has 5 heteroatoms. The Hall–Kier alpha value is -1.78. The van der Waals surface area contributed by atoms with E-state index in [1.165, 1.54) is 6.92 Å². The van der Waals surface area contributed by atoms with E-state index >= 15 is 0 Å². The van der Waals surface area contributed by atoms with Gasteiger partial charge >= 0.3 is 0 Å². The number of unbranched alkanes of at least 4 members (excludes halogenated alkanes) is 2. The van der Waals surface area contributed by atoms with Crippen molar-refractivity contribution in [1.82, 2.24) is 10.2 Å². The molecule has 1 aromatic rings. The molecule has 0 fully saturated rings. The van der Waals surface area contributed by atoms with Crippen LogP contribution in [-0.2, 0) is 16.1 Å². The van der Waals surface area contributed by atoms with Crippen molar-refractivity contribution >= 4 is 11.8 Å². The standard InChI is InChI=1S/C15H24N2O3/c1-12-8-9-14(20-12)11-17(3)15(19)7-5-4-6-10-16-13(2)18/h8-9H,4-7,10-11H2,1-3H3,(H,16,18). The Bertz CT molecular complexity index is 440. The summed E-state index contributed by atoms with van der Waals surface area (Å²) in [4.78, 5) is 24.3. The van der Waals surface area contributed by atoms with Crippen molar-refractivity contribution in [3.05, 3.63) is 23.7 Å². The molecule has 0 unspecified atom stereocenters. The van der Waals surface area contributed by atoms with Crippen LogP contribution < -0.4 is 5.32 Å². The summed E-state index contributed by atoms with van der Waals surface area (Å²) in [5, 5.41) is 2.74. The van der Waals surface area contributed by atoms with Gasteiger partial charge in [0.25, 0.3) is 0 Å². The van der Waals surface area contributed by atoms with Crippen LogP contribution in [0.5, 0.6) is 0 Å². The lowest BCUT2D eigenvalue weighted by Gasteiger charge is -2.15. The van der Waals surface area contributed by atoms with E-state index in [0.717, 1.165) is 30.8 Å². The molecule has 1 heterocycles. The number of hydrogen-bond donors (Lipinski definition) is 1. The Kier molecular flexibility index (Phi) is 6.84. The third-order valence-electron chi connectivity index (χ3n) is 3.06. The number of amides is 2. The predicted molar refractivity (Wildman–Crippen MR) is 77.1 cm³/mol. The number of hydrogen-bond acceptors (Lipinski definition) is 3. The van der Waals surface area contributed by atoms with Gasteiger partial charge in [0.15, 0.2) is 0 Å². The third-order valence-corrected chi connectivity index (χ3v) is 3.06. The minimum absolute atomic E-state index is 0.00505. The molecule has 20 heavy (non-hydrogen) atoms. The number of aryl methyl sites for hydroxylation is 1. The Morgan fingerprint density at radius 2 is 2.00 bits per heavy atom. The lowest BCUT2D eigenvalue weighted by Crippen LogP contribution is -2.25. The van der Waals surface area contributed by atoms with E-state index in [9.17, 15) is 9.59 Å². The molecule has 1 N–H and O–H groups in total. The molecule has 0 saturated heterocycles. The normalized spacial score (nSPS) is 10.3. The van der Waals surface area contributed by atoms with Gasteiger partial charge in [-0.2, -0.15) is 0 Å². The molecule has 0 radical (unpaired) electrons. The summed E-state index contributed by atoms with van der Waals surface area (Å²) in [6.45, 7) is 4.60. The second-order valence-electron chi connectivity index (χ2n) is 5.06. The van der Waals surface area contributed by atoms with E-state index in [2.05, 4.69) is 5.32 Å². The van der Waals surface area contributed by atoms with Crippen molar-refractivity contribution in [1.29, 1.82) is 0 Å². The monoisotopic (exact) mass is 280 g/mol. The van der Waals surface area contributed by atoms with Crippen molar-refractivity contribution in [2.45, 2.75) is 46.1 Å². The Morgan fingerprint density at radius 3 is 2.60 bits per heavy atom. The second kappa shape index (κ2) is 8.40. The van der Waals surface area contributed by atoms with Gasteiger partial charge in [0, 0.05) is 26.9 Å². The fraction of sp³-hybridized carbons (Fsp3) is 0.600. The zero-order valence-corrected chi connectivity index (χ0v) is 12.6. The van der Waals surface area contributed by atoms with E-state index < -0.39 is 0 Å². The van der Waals surface area contributed by atoms with Crippen LogP contribution in [0.2, 0.25) is 0 Å². The summed E-state index contributed by atoms with van der Waals surface area (Å²) in [6, 6.07) is 3.79. The molecular weight excluding hydrogens is 256 g/mol. The average Bonchev–Trinajstić information content (AvgIpc) is 2.78. The van der Waals surface area contributed by atoms with Gasteiger partial charge in [-0.15, -0.1) is 0 Å². The molecule has 5 nitrogen and oxygen atoms in total. The maximum atomic E-state index is 11.9. The number of carbonyl (C=O) groups is 2. The summed E-state index contributed by atoms with van der Waals surface area (Å²) >= 11 is 0. The van der Waals surface area contributed by atoms with Gasteiger partial charge in [-0.25, -0.2) is 0 Å². The van der Waals surface area contributed by atoms with Crippen molar-refractivity contribution in [3.63, 3.8) is 0 Å². The lowest BCUT2D eigenvalue weighted by atomic mass is 10.2. The zero-order valence-electron chi connectivity index (χ0n) is 12.6. The van der Waals surface area contributed by atoms with Crippen LogP contribution in [0.15, 0.2) is 16.5 Å². The van der Waals surface area contributed by atoms with Gasteiger partial charge in [-0.1, -0.05) is 6.42 Å². The maximum Gasteiger partial charge on any atom is 0.222 e. The molecule has 112 valence electrons. The molecule has 0 bridgehead atoms. The second-order valence-corrected chi connectivity index (χ2v) is 5.06. The van der Waals surface area contributed by atoms with Crippen LogP contribution >= 0.6 is 0 Å². The SMILES string of the molecule is CC(=O)NCCCCCC(=O)N(C)Cc1ccc(C)o1. The van der Waals surface area contributed by atoms with E-state index in [4.69, 9.17) is 4.42 Å². The predicted octanol–water partition coefficient (Wildman–Crippen LogP) is 2.24. The Labute approximate surface area is 120 Å². The molecular formula is C15H24N2O3. The number of furan rings is 1. The van der Waals surface area contributed by atoms with Gasteiger partial charge in [0.2, 0.25) is 11.8 Å². The van der Waals surface area contributed by atoms with Crippen LogP contribution in [0.25, 0.3) is 0 Å². The average molecular weight is 280 g/mol. The van der Waals surface area contributed by atoms with Crippen LogP contribution in [0.3, 0.4) is 0 Å². The number of nitrogens with zero attached hydrogens (tertiary/aromatic N) is 1. The van der Waals surface area contributed by atoms with E-state index in [1.807, 2.05) is 19.1 Å². The van der Waals surface area contributed by atoms with Gasteiger partial charge in [0.05, 0.1) is 6.54 Å². The Morgan fingerprint density at radius 1 is 1.25 bits per heavy atom. The van der Waals surface area contributed by atoms with Crippen LogP contribution in [0.1, 0.15) is 44.1 Å². The fourth-order valence-corrected chi connectivity index (χ4v) is 1.93. The molecule has 0 aromatic carbocycles. The highest BCUT2D eigenvalue weighted by molar-refractivity contribution is 5.75. The quantitative estimate of drug-likeness (QED) is 0.743. The minimum atomic E-state index is -0.00505. The zero-order chi connectivity index (χ0) is 15.0. The highest BCUT2D eigenvalue weighted by atomic mass is 16.3.